The van der Waals surface area contributed by atoms with Gasteiger partial charge in [-0.05, 0) is 72.6 Å². The molecule has 6 atom stereocenters. The van der Waals surface area contributed by atoms with Gasteiger partial charge in [0, 0.05) is 11.3 Å². The van der Waals surface area contributed by atoms with Crippen molar-refractivity contribution in [2.24, 2.45) is 22.7 Å². The monoisotopic (exact) mass is 334 g/mol. The fraction of sp³-hybridized carbons (Fsp3) is 0.632. The van der Waals surface area contributed by atoms with Crippen LogP contribution in [0.4, 0.5) is 4.39 Å². The molecule has 4 unspecified atom stereocenters. The zero-order chi connectivity index (χ0) is 16.1. The predicted octanol–water partition coefficient (Wildman–Crippen LogP) is 4.42. The lowest BCUT2D eigenvalue weighted by Crippen LogP contribution is -2.46. The first-order valence-electron chi connectivity index (χ1n) is 8.60. The van der Waals surface area contributed by atoms with Crippen LogP contribution in [0.1, 0.15) is 49.7 Å². The molecule has 2 nitrogen and oxygen atoms in total. The second-order valence-electron chi connectivity index (χ2n) is 8.24. The molecule has 0 heterocycles. The number of fused-ring (bicyclic) bond motifs is 3. The molecule has 0 radical (unpaired) electrons. The highest BCUT2D eigenvalue weighted by Crippen LogP contribution is 2.80. The summed E-state index contributed by atoms with van der Waals surface area (Å²) in [6, 6.07) is 3.70. The van der Waals surface area contributed by atoms with E-state index in [1.807, 2.05) is 13.0 Å². The Morgan fingerprint density at radius 3 is 2.87 bits per heavy atom. The van der Waals surface area contributed by atoms with Crippen LogP contribution >= 0.6 is 11.6 Å². The number of hydrogen-bond donors (Lipinski definition) is 1. The topological polar surface area (TPSA) is 37.3 Å². The lowest BCUT2D eigenvalue weighted by Gasteiger charge is -2.50. The molecule has 4 aliphatic rings. The van der Waals surface area contributed by atoms with E-state index in [4.69, 9.17) is 11.6 Å². The van der Waals surface area contributed by atoms with Gasteiger partial charge in [0.2, 0.25) is 0 Å². The number of aromatic hydroxyl groups is 1. The number of carbonyl (C=O) groups is 1. The average molecular weight is 335 g/mol. The van der Waals surface area contributed by atoms with Gasteiger partial charge >= 0.3 is 0 Å². The van der Waals surface area contributed by atoms with E-state index in [-0.39, 0.29) is 22.9 Å². The van der Waals surface area contributed by atoms with E-state index < -0.39 is 11.6 Å². The van der Waals surface area contributed by atoms with Crippen LogP contribution in [0.5, 0.6) is 5.75 Å². The minimum absolute atomic E-state index is 0.0538. The van der Waals surface area contributed by atoms with Crippen molar-refractivity contribution in [3.05, 3.63) is 28.3 Å². The molecule has 3 fully saturated rings. The number of carbonyl (C=O) groups excluding carboxylic acids is 1. The van der Waals surface area contributed by atoms with Crippen molar-refractivity contribution < 1.29 is 14.3 Å². The van der Waals surface area contributed by atoms with E-state index in [2.05, 4.69) is 0 Å². The Morgan fingerprint density at radius 2 is 2.09 bits per heavy atom. The van der Waals surface area contributed by atoms with Crippen LogP contribution in [0.2, 0.25) is 5.02 Å². The number of aryl methyl sites for hydroxylation is 1. The van der Waals surface area contributed by atoms with Gasteiger partial charge in [0.15, 0.2) is 12.0 Å². The van der Waals surface area contributed by atoms with Gasteiger partial charge in [-0.25, -0.2) is 4.39 Å². The molecule has 0 amide bonds. The molecular formula is C19H20ClFO2. The third kappa shape index (κ3) is 1.45. The molecule has 5 rings (SSSR count). The Bertz CT molecular complexity index is 747. The van der Waals surface area contributed by atoms with Crippen molar-refractivity contribution in [2.45, 2.75) is 51.1 Å². The number of halogens is 2. The SMILES string of the molecule is C[C@]12CCC3c4cc(Cl)c(O)cc4CCC3C13CC3[C@H](F)C2=O. The summed E-state index contributed by atoms with van der Waals surface area (Å²) in [6.07, 6.45) is 3.20. The fourth-order valence-corrected chi connectivity index (χ4v) is 6.71. The second-order valence-corrected chi connectivity index (χ2v) is 8.65. The average Bonchev–Trinajstić information content (AvgIpc) is 3.24. The van der Waals surface area contributed by atoms with Crippen molar-refractivity contribution in [1.82, 2.24) is 0 Å². The van der Waals surface area contributed by atoms with E-state index >= 15 is 0 Å². The smallest absolute Gasteiger partial charge is 0.173 e. The molecule has 1 spiro atoms. The van der Waals surface area contributed by atoms with Crippen molar-refractivity contribution in [2.75, 3.05) is 0 Å². The molecule has 1 aromatic rings. The first kappa shape index (κ1) is 14.3. The van der Waals surface area contributed by atoms with Crippen molar-refractivity contribution in [1.29, 1.82) is 0 Å². The summed E-state index contributed by atoms with van der Waals surface area (Å²) in [5, 5.41) is 10.3. The minimum atomic E-state index is -1.25. The molecule has 0 aliphatic heterocycles. The Morgan fingerprint density at radius 1 is 1.30 bits per heavy atom. The van der Waals surface area contributed by atoms with E-state index in [0.717, 1.165) is 32.1 Å². The van der Waals surface area contributed by atoms with Gasteiger partial charge < -0.3 is 5.11 Å². The summed E-state index contributed by atoms with van der Waals surface area (Å²) < 4.78 is 14.5. The Labute approximate surface area is 140 Å². The van der Waals surface area contributed by atoms with Crippen LogP contribution in [-0.2, 0) is 11.2 Å². The highest BCUT2D eigenvalue weighted by molar-refractivity contribution is 6.32. The Kier molecular flexibility index (Phi) is 2.55. The normalized spacial score (nSPS) is 46.7. The highest BCUT2D eigenvalue weighted by Gasteiger charge is 2.81. The fourth-order valence-electron chi connectivity index (χ4n) is 6.54. The molecule has 122 valence electrons. The molecule has 1 N–H and O–H groups in total. The zero-order valence-electron chi connectivity index (χ0n) is 13.1. The van der Waals surface area contributed by atoms with E-state index in [0.29, 0.717) is 16.9 Å². The van der Waals surface area contributed by atoms with Crippen LogP contribution in [0.25, 0.3) is 0 Å². The molecular weight excluding hydrogens is 315 g/mol. The molecule has 4 heteroatoms. The van der Waals surface area contributed by atoms with E-state index in [9.17, 15) is 14.3 Å². The summed E-state index contributed by atoms with van der Waals surface area (Å²) in [5.41, 5.74) is 1.82. The first-order valence-corrected chi connectivity index (χ1v) is 8.97. The van der Waals surface area contributed by atoms with Gasteiger partial charge in [-0.3, -0.25) is 4.79 Å². The van der Waals surface area contributed by atoms with Crippen LogP contribution < -0.4 is 0 Å². The molecule has 3 saturated carbocycles. The lowest BCUT2D eigenvalue weighted by atomic mass is 9.52. The number of benzene rings is 1. The Hall–Kier alpha value is -1.09. The van der Waals surface area contributed by atoms with Crippen LogP contribution in [0, 0.1) is 22.7 Å². The molecule has 0 aromatic heterocycles. The third-order valence-electron chi connectivity index (χ3n) is 7.67. The van der Waals surface area contributed by atoms with Gasteiger partial charge in [-0.1, -0.05) is 18.5 Å². The lowest BCUT2D eigenvalue weighted by molar-refractivity contribution is -0.136. The maximum Gasteiger partial charge on any atom is 0.173 e. The van der Waals surface area contributed by atoms with Gasteiger partial charge in [0.1, 0.15) is 5.75 Å². The highest BCUT2D eigenvalue weighted by atomic mass is 35.5. The molecule has 23 heavy (non-hydrogen) atoms. The maximum absolute atomic E-state index is 14.5. The number of phenols is 1. The molecule has 1 aromatic carbocycles. The minimum Gasteiger partial charge on any atom is -0.506 e. The van der Waals surface area contributed by atoms with Crippen LogP contribution in [-0.4, -0.2) is 17.1 Å². The van der Waals surface area contributed by atoms with Crippen LogP contribution in [0.15, 0.2) is 12.1 Å². The molecule has 0 bridgehead atoms. The summed E-state index contributed by atoms with van der Waals surface area (Å²) in [7, 11) is 0. The summed E-state index contributed by atoms with van der Waals surface area (Å²) in [6.45, 7) is 2.02. The van der Waals surface area contributed by atoms with E-state index in [1.54, 1.807) is 6.07 Å². The molecule has 0 saturated heterocycles. The number of Topliss-reactive ketones (excluding diaryl/α,β-unsaturated/α-hetero) is 1. The predicted molar refractivity (Wildman–Crippen MR) is 85.5 cm³/mol. The zero-order valence-corrected chi connectivity index (χ0v) is 13.9. The standard InChI is InChI=1S/C19H20ClFO2/c1-18-5-4-10-11-7-14(20)15(22)6-9(11)2-3-12(10)19(18)8-13(19)16(21)17(18)23/h6-7,10,12-13,16,22H,2-5,8H2,1H3/t10?,12?,13?,16-,18+,19?/m0/s1. The van der Waals surface area contributed by atoms with Gasteiger partial charge in [0.25, 0.3) is 0 Å². The van der Waals surface area contributed by atoms with Gasteiger partial charge in [-0.15, -0.1) is 0 Å². The van der Waals surface area contributed by atoms with Crippen LogP contribution in [0.3, 0.4) is 0 Å². The van der Waals surface area contributed by atoms with E-state index in [1.165, 1.54) is 11.1 Å². The summed E-state index contributed by atoms with van der Waals surface area (Å²) in [5.74, 6) is 0.688. The Balaban J connectivity index is 1.62. The second kappa shape index (κ2) is 4.11. The number of phenolic OH excluding ortho intramolecular Hbond substituents is 1. The largest absolute Gasteiger partial charge is 0.506 e. The first-order chi connectivity index (χ1) is 10.9. The third-order valence-corrected chi connectivity index (χ3v) is 7.97. The molecule has 4 aliphatic carbocycles. The number of hydrogen-bond acceptors (Lipinski definition) is 2. The van der Waals surface area contributed by atoms with Crippen molar-refractivity contribution in [3.63, 3.8) is 0 Å². The number of ketones is 1. The quantitative estimate of drug-likeness (QED) is 0.762. The van der Waals surface area contributed by atoms with Gasteiger partial charge in [-0.2, -0.15) is 0 Å². The summed E-state index contributed by atoms with van der Waals surface area (Å²) in [4.78, 5) is 12.5. The van der Waals surface area contributed by atoms with Crippen molar-refractivity contribution >= 4 is 17.4 Å². The summed E-state index contributed by atoms with van der Waals surface area (Å²) >= 11 is 6.14. The number of rotatable bonds is 0. The number of alkyl halides is 1. The maximum atomic E-state index is 14.5. The van der Waals surface area contributed by atoms with Gasteiger partial charge in [0.05, 0.1) is 5.02 Å². The van der Waals surface area contributed by atoms with Crippen molar-refractivity contribution in [3.8, 4) is 5.75 Å².